The van der Waals surface area contributed by atoms with Gasteiger partial charge in [0.15, 0.2) is 0 Å². The average molecular weight is 423 g/mol. The minimum atomic E-state index is -0.858. The van der Waals surface area contributed by atoms with E-state index in [-0.39, 0.29) is 12.1 Å². The van der Waals surface area contributed by atoms with E-state index in [9.17, 15) is 19.0 Å². The molecule has 0 radical (unpaired) electrons. The van der Waals surface area contributed by atoms with E-state index >= 15 is 0 Å². The summed E-state index contributed by atoms with van der Waals surface area (Å²) in [6, 6.07) is 8.79. The molecule has 5 rings (SSSR count). The van der Waals surface area contributed by atoms with E-state index in [0.29, 0.717) is 46.6 Å². The molecule has 0 amide bonds. The molecule has 0 aliphatic carbocycles. The van der Waals surface area contributed by atoms with Gasteiger partial charge in [-0.3, -0.25) is 10.1 Å². The summed E-state index contributed by atoms with van der Waals surface area (Å²) >= 11 is 0. The Morgan fingerprint density at radius 2 is 1.84 bits per heavy atom. The Morgan fingerprint density at radius 1 is 1.03 bits per heavy atom. The predicted molar refractivity (Wildman–Crippen MR) is 111 cm³/mol. The van der Waals surface area contributed by atoms with Gasteiger partial charge in [-0.05, 0) is 36.2 Å². The van der Waals surface area contributed by atoms with Gasteiger partial charge >= 0.3 is 0 Å². The van der Waals surface area contributed by atoms with E-state index in [2.05, 4.69) is 20.2 Å². The summed E-state index contributed by atoms with van der Waals surface area (Å²) in [5, 5.41) is 27.6. The third-order valence-corrected chi connectivity index (χ3v) is 5.55. The van der Waals surface area contributed by atoms with Gasteiger partial charge in [-0.15, -0.1) is 0 Å². The van der Waals surface area contributed by atoms with Crippen molar-refractivity contribution in [1.82, 2.24) is 20.2 Å². The van der Waals surface area contributed by atoms with Crippen LogP contribution in [0.4, 0.5) is 14.6 Å². The van der Waals surface area contributed by atoms with Crippen LogP contribution in [0.5, 0.6) is 0 Å². The van der Waals surface area contributed by atoms with E-state index < -0.39 is 23.8 Å². The van der Waals surface area contributed by atoms with Crippen molar-refractivity contribution in [3.63, 3.8) is 0 Å². The molecule has 0 spiro atoms. The number of nitrogens with zero attached hydrogens (tertiary/aromatic N) is 4. The second-order valence-electron chi connectivity index (χ2n) is 7.56. The maximum Gasteiger partial charge on any atom is 0.147 e. The molecule has 1 aliphatic rings. The molecule has 7 nitrogen and oxygen atoms in total. The number of H-pyrrole nitrogens is 1. The van der Waals surface area contributed by atoms with Crippen molar-refractivity contribution < 1.29 is 19.0 Å². The Balaban J connectivity index is 1.55. The van der Waals surface area contributed by atoms with Crippen molar-refractivity contribution >= 4 is 16.7 Å². The number of aliphatic hydroxyl groups is 2. The van der Waals surface area contributed by atoms with Gasteiger partial charge in [-0.2, -0.15) is 5.10 Å². The van der Waals surface area contributed by atoms with Crippen LogP contribution in [0.1, 0.15) is 6.42 Å². The fraction of sp³-hybridized carbons (Fsp3) is 0.227. The van der Waals surface area contributed by atoms with Crippen LogP contribution in [0.3, 0.4) is 0 Å². The first-order valence-electron chi connectivity index (χ1n) is 9.87. The number of nitrogens with one attached hydrogen (secondary N) is 1. The summed E-state index contributed by atoms with van der Waals surface area (Å²) in [4.78, 5) is 10.7. The number of rotatable bonds is 3. The number of piperidine rings is 1. The standard InChI is InChI=1S/C22H19F2N5O2/c23-14-2-1-3-15(24)21(14)12-4-5-16-13(8-12)22(28-27-16)17-9-25-10-20(26-17)29-7-6-18(30)19(31)11-29/h1-5,8-10,18-19,30-31H,6-7,11H2,(H,27,28)/t18-,19+/m1/s1. The van der Waals surface area contributed by atoms with Gasteiger partial charge in [-0.25, -0.2) is 13.8 Å². The van der Waals surface area contributed by atoms with Crippen LogP contribution in [0, 0.1) is 11.6 Å². The minimum absolute atomic E-state index is 0.0998. The Bertz CT molecular complexity index is 1240. The number of aromatic nitrogens is 4. The normalized spacial score (nSPS) is 19.2. The van der Waals surface area contributed by atoms with Crippen LogP contribution in [0.25, 0.3) is 33.4 Å². The predicted octanol–water partition coefficient (Wildman–Crippen LogP) is 2.90. The summed E-state index contributed by atoms with van der Waals surface area (Å²) in [5.74, 6) is -0.732. The van der Waals surface area contributed by atoms with Crippen molar-refractivity contribution in [2.75, 3.05) is 18.0 Å². The Kier molecular flexibility index (Phi) is 4.84. The number of aliphatic hydroxyl groups excluding tert-OH is 2. The second-order valence-corrected chi connectivity index (χ2v) is 7.56. The molecule has 0 bridgehead atoms. The van der Waals surface area contributed by atoms with Gasteiger partial charge in [-0.1, -0.05) is 12.1 Å². The van der Waals surface area contributed by atoms with Gasteiger partial charge in [0.2, 0.25) is 0 Å². The Morgan fingerprint density at radius 3 is 2.61 bits per heavy atom. The van der Waals surface area contributed by atoms with Gasteiger partial charge in [0, 0.05) is 18.5 Å². The first-order chi connectivity index (χ1) is 15.0. The van der Waals surface area contributed by atoms with Crippen LogP contribution in [0.2, 0.25) is 0 Å². The molecule has 1 fully saturated rings. The summed E-state index contributed by atoms with van der Waals surface area (Å²) in [6.45, 7) is 0.783. The van der Waals surface area contributed by atoms with Gasteiger partial charge in [0.25, 0.3) is 0 Å². The number of aromatic amines is 1. The fourth-order valence-corrected chi connectivity index (χ4v) is 3.89. The maximum atomic E-state index is 14.3. The molecular formula is C22H19F2N5O2. The smallest absolute Gasteiger partial charge is 0.147 e. The number of β-amino-alcohol motifs (C(OH)–C–C–N with tert-alkyl or cyclic N) is 1. The molecule has 3 N–H and O–H groups in total. The molecule has 2 atom stereocenters. The van der Waals surface area contributed by atoms with Crippen LogP contribution < -0.4 is 4.90 Å². The first-order valence-corrected chi connectivity index (χ1v) is 9.87. The van der Waals surface area contributed by atoms with Crippen molar-refractivity contribution in [1.29, 1.82) is 0 Å². The van der Waals surface area contributed by atoms with Crippen molar-refractivity contribution in [3.8, 4) is 22.5 Å². The number of hydrogen-bond acceptors (Lipinski definition) is 6. The number of halogens is 2. The van der Waals surface area contributed by atoms with Crippen LogP contribution in [-0.2, 0) is 0 Å². The molecule has 2 aromatic carbocycles. The first kappa shape index (κ1) is 19.5. The molecule has 2 aromatic heterocycles. The highest BCUT2D eigenvalue weighted by atomic mass is 19.1. The Hall–Kier alpha value is -3.43. The van der Waals surface area contributed by atoms with Crippen LogP contribution in [-0.4, -0.2) is 55.7 Å². The van der Waals surface area contributed by atoms with E-state index in [1.165, 1.54) is 18.2 Å². The molecule has 9 heteroatoms. The number of anilines is 1. The number of benzene rings is 2. The molecular weight excluding hydrogens is 404 g/mol. The second kappa shape index (κ2) is 7.68. The molecule has 3 heterocycles. The lowest BCUT2D eigenvalue weighted by Gasteiger charge is -2.34. The molecule has 1 aliphatic heterocycles. The molecule has 31 heavy (non-hydrogen) atoms. The topological polar surface area (TPSA) is 98.2 Å². The SMILES string of the molecule is O[C@@H]1CCN(c2cncc(-c3n[nH]c4ccc(-c5c(F)cccc5F)cc34)n2)C[C@@H]1O. The zero-order chi connectivity index (χ0) is 21.5. The van der Waals surface area contributed by atoms with Crippen LogP contribution in [0.15, 0.2) is 48.8 Å². The summed E-state index contributed by atoms with van der Waals surface area (Å²) < 4.78 is 28.5. The van der Waals surface area contributed by atoms with Crippen molar-refractivity contribution in [3.05, 3.63) is 60.4 Å². The summed E-state index contributed by atoms with van der Waals surface area (Å²) in [6.07, 6.45) is 1.97. The average Bonchev–Trinajstić information content (AvgIpc) is 3.19. The molecule has 1 saturated heterocycles. The highest BCUT2D eigenvalue weighted by molar-refractivity contribution is 5.95. The fourth-order valence-electron chi connectivity index (χ4n) is 3.89. The number of fused-ring (bicyclic) bond motifs is 1. The molecule has 158 valence electrons. The maximum absolute atomic E-state index is 14.3. The van der Waals surface area contributed by atoms with E-state index in [1.54, 1.807) is 30.6 Å². The minimum Gasteiger partial charge on any atom is -0.390 e. The quantitative estimate of drug-likeness (QED) is 0.469. The molecule has 0 saturated carbocycles. The zero-order valence-electron chi connectivity index (χ0n) is 16.3. The highest BCUT2D eigenvalue weighted by Crippen LogP contribution is 2.32. The lowest BCUT2D eigenvalue weighted by atomic mass is 10.0. The largest absolute Gasteiger partial charge is 0.390 e. The summed E-state index contributed by atoms with van der Waals surface area (Å²) in [5.41, 5.74) is 1.97. The van der Waals surface area contributed by atoms with Gasteiger partial charge in [0.05, 0.1) is 35.7 Å². The third kappa shape index (κ3) is 3.51. The monoisotopic (exact) mass is 423 g/mol. The molecule has 0 unspecified atom stereocenters. The lowest BCUT2D eigenvalue weighted by Crippen LogP contribution is -2.47. The Labute approximate surface area is 176 Å². The van der Waals surface area contributed by atoms with E-state index in [1.807, 2.05) is 4.90 Å². The lowest BCUT2D eigenvalue weighted by molar-refractivity contribution is 0.00785. The molecule has 4 aromatic rings. The summed E-state index contributed by atoms with van der Waals surface area (Å²) in [7, 11) is 0. The van der Waals surface area contributed by atoms with Crippen molar-refractivity contribution in [2.24, 2.45) is 0 Å². The van der Waals surface area contributed by atoms with Gasteiger partial charge in [0.1, 0.15) is 28.8 Å². The number of hydrogen-bond donors (Lipinski definition) is 3. The van der Waals surface area contributed by atoms with Crippen LogP contribution >= 0.6 is 0 Å². The third-order valence-electron chi connectivity index (χ3n) is 5.55. The van der Waals surface area contributed by atoms with Gasteiger partial charge < -0.3 is 15.1 Å². The highest BCUT2D eigenvalue weighted by Gasteiger charge is 2.27. The van der Waals surface area contributed by atoms with E-state index in [0.717, 1.165) is 0 Å². The van der Waals surface area contributed by atoms with Crippen molar-refractivity contribution in [2.45, 2.75) is 18.6 Å². The zero-order valence-corrected chi connectivity index (χ0v) is 16.3. The van der Waals surface area contributed by atoms with E-state index in [4.69, 9.17) is 0 Å².